The van der Waals surface area contributed by atoms with Gasteiger partial charge >= 0.3 is 5.97 Å². The van der Waals surface area contributed by atoms with E-state index >= 15 is 0 Å². The van der Waals surface area contributed by atoms with E-state index in [4.69, 9.17) is 16.7 Å². The van der Waals surface area contributed by atoms with Crippen molar-refractivity contribution >= 4 is 40.8 Å². The van der Waals surface area contributed by atoms with E-state index in [2.05, 4.69) is 5.32 Å². The molecule has 6 nitrogen and oxygen atoms in total. The summed E-state index contributed by atoms with van der Waals surface area (Å²) in [6.07, 6.45) is -0.0543. The zero-order valence-electron chi connectivity index (χ0n) is 13.1. The average Bonchev–Trinajstić information content (AvgIpc) is 2.84. The molecule has 0 aromatic heterocycles. The zero-order chi connectivity index (χ0) is 18.0. The monoisotopic (exact) mass is 358 g/mol. The molecule has 0 bridgehead atoms. The maximum absolute atomic E-state index is 12.6. The summed E-state index contributed by atoms with van der Waals surface area (Å²) in [7, 11) is 0. The van der Waals surface area contributed by atoms with Crippen LogP contribution in [0.15, 0.2) is 48.5 Å². The molecule has 1 atom stereocenters. The molecule has 1 heterocycles. The highest BCUT2D eigenvalue weighted by molar-refractivity contribution is 6.30. The second-order valence-corrected chi connectivity index (χ2v) is 6.15. The molecule has 0 radical (unpaired) electrons. The smallest absolute Gasteiger partial charge is 0.307 e. The van der Waals surface area contributed by atoms with Crippen molar-refractivity contribution in [2.75, 3.05) is 10.2 Å². The highest BCUT2D eigenvalue weighted by Crippen LogP contribution is 2.26. The second kappa shape index (κ2) is 6.94. The van der Waals surface area contributed by atoms with Gasteiger partial charge in [0, 0.05) is 10.7 Å². The number of hydrogen-bond donors (Lipinski definition) is 2. The Labute approximate surface area is 149 Å². The molecule has 2 N–H and O–H groups in total. The van der Waals surface area contributed by atoms with Crippen LogP contribution in [0.1, 0.15) is 12.0 Å². The number of aliphatic carboxylic acids is 1. The summed E-state index contributed by atoms with van der Waals surface area (Å²) in [5, 5.41) is 12.4. The summed E-state index contributed by atoms with van der Waals surface area (Å²) in [4.78, 5) is 36.7. The van der Waals surface area contributed by atoms with Crippen LogP contribution in [0.5, 0.6) is 0 Å². The van der Waals surface area contributed by atoms with E-state index in [0.717, 1.165) is 4.90 Å². The van der Waals surface area contributed by atoms with Gasteiger partial charge in [-0.1, -0.05) is 23.7 Å². The molecule has 1 fully saturated rings. The minimum atomic E-state index is -0.937. The van der Waals surface area contributed by atoms with Crippen molar-refractivity contribution in [1.29, 1.82) is 0 Å². The summed E-state index contributed by atoms with van der Waals surface area (Å²) in [6, 6.07) is 12.6. The summed E-state index contributed by atoms with van der Waals surface area (Å²) in [5.74, 6) is -1.58. The van der Waals surface area contributed by atoms with Gasteiger partial charge in [0.15, 0.2) is 0 Å². The number of nitrogens with one attached hydrogen (secondary N) is 1. The predicted octanol–water partition coefficient (Wildman–Crippen LogP) is 2.71. The van der Waals surface area contributed by atoms with Crippen LogP contribution in [-0.2, 0) is 20.8 Å². The van der Waals surface area contributed by atoms with Crippen LogP contribution in [-0.4, -0.2) is 28.9 Å². The molecule has 25 heavy (non-hydrogen) atoms. The molecule has 1 unspecified atom stereocenters. The van der Waals surface area contributed by atoms with Gasteiger partial charge in [-0.25, -0.2) is 4.90 Å². The molecule has 2 aromatic rings. The fourth-order valence-electron chi connectivity index (χ4n) is 2.70. The Morgan fingerprint density at radius 1 is 1.12 bits per heavy atom. The molecule has 0 saturated carbocycles. The molecule has 3 rings (SSSR count). The first-order valence-corrected chi connectivity index (χ1v) is 8.01. The van der Waals surface area contributed by atoms with Crippen molar-refractivity contribution in [3.63, 3.8) is 0 Å². The van der Waals surface area contributed by atoms with Crippen molar-refractivity contribution in [3.8, 4) is 0 Å². The van der Waals surface area contributed by atoms with Crippen LogP contribution < -0.4 is 10.2 Å². The first-order chi connectivity index (χ1) is 11.9. The maximum atomic E-state index is 12.6. The Morgan fingerprint density at radius 3 is 2.36 bits per heavy atom. The van der Waals surface area contributed by atoms with E-state index in [1.807, 2.05) is 0 Å². The fraction of sp³-hybridized carbons (Fsp3) is 0.167. The highest BCUT2D eigenvalue weighted by Gasteiger charge is 2.39. The van der Waals surface area contributed by atoms with E-state index in [0.29, 0.717) is 22.0 Å². The van der Waals surface area contributed by atoms with Crippen LogP contribution in [0.2, 0.25) is 5.02 Å². The number of rotatable bonds is 5. The second-order valence-electron chi connectivity index (χ2n) is 5.71. The Hall–Kier alpha value is -2.86. The molecule has 7 heteroatoms. The van der Waals surface area contributed by atoms with Crippen LogP contribution in [0.25, 0.3) is 0 Å². The molecule has 128 valence electrons. The van der Waals surface area contributed by atoms with E-state index in [1.54, 1.807) is 48.5 Å². The number of nitrogens with zero attached hydrogens (tertiary/aromatic N) is 1. The van der Waals surface area contributed by atoms with Crippen LogP contribution in [0.4, 0.5) is 11.4 Å². The molecule has 1 aliphatic heterocycles. The van der Waals surface area contributed by atoms with Crippen molar-refractivity contribution in [2.45, 2.75) is 18.9 Å². The number of carbonyl (C=O) groups is 3. The van der Waals surface area contributed by atoms with Crippen LogP contribution in [0, 0.1) is 0 Å². The Kier molecular flexibility index (Phi) is 4.72. The Bertz CT molecular complexity index is 818. The van der Waals surface area contributed by atoms with Gasteiger partial charge < -0.3 is 10.4 Å². The van der Waals surface area contributed by atoms with E-state index < -0.39 is 12.0 Å². The van der Waals surface area contributed by atoms with Gasteiger partial charge in [0.05, 0.1) is 18.5 Å². The van der Waals surface area contributed by atoms with Crippen molar-refractivity contribution < 1.29 is 19.5 Å². The van der Waals surface area contributed by atoms with Gasteiger partial charge in [0.2, 0.25) is 5.91 Å². The normalized spacial score (nSPS) is 17.0. The number of hydrogen-bond acceptors (Lipinski definition) is 4. The van der Waals surface area contributed by atoms with Crippen LogP contribution in [0.3, 0.4) is 0 Å². The molecule has 0 spiro atoms. The molecular formula is C18H15ClN2O4. The van der Waals surface area contributed by atoms with Crippen molar-refractivity contribution in [1.82, 2.24) is 0 Å². The number of anilines is 2. The Morgan fingerprint density at radius 2 is 1.76 bits per heavy atom. The highest BCUT2D eigenvalue weighted by atomic mass is 35.5. The van der Waals surface area contributed by atoms with Gasteiger partial charge in [-0.05, 0) is 42.0 Å². The summed E-state index contributed by atoms with van der Waals surface area (Å²) in [6.45, 7) is 0. The summed E-state index contributed by atoms with van der Waals surface area (Å²) in [5.41, 5.74) is 1.74. The molecular weight excluding hydrogens is 344 g/mol. The third kappa shape index (κ3) is 3.80. The number of amides is 2. The molecule has 2 amide bonds. The van der Waals surface area contributed by atoms with E-state index in [-0.39, 0.29) is 24.7 Å². The largest absolute Gasteiger partial charge is 0.481 e. The average molecular weight is 359 g/mol. The lowest BCUT2D eigenvalue weighted by Gasteiger charge is -2.16. The van der Waals surface area contributed by atoms with Crippen LogP contribution >= 0.6 is 11.6 Å². The molecule has 1 aliphatic rings. The number of carbonyl (C=O) groups excluding carboxylic acids is 2. The molecule has 1 saturated heterocycles. The number of halogens is 1. The summed E-state index contributed by atoms with van der Waals surface area (Å²) >= 11 is 5.83. The molecule has 2 aromatic carbocycles. The van der Waals surface area contributed by atoms with Gasteiger partial charge in [-0.3, -0.25) is 14.4 Å². The minimum absolute atomic E-state index is 0.0539. The first-order valence-electron chi connectivity index (χ1n) is 7.63. The Balaban J connectivity index is 1.74. The number of benzene rings is 2. The lowest BCUT2D eigenvalue weighted by atomic mass is 10.1. The van der Waals surface area contributed by atoms with E-state index in [1.165, 1.54) is 0 Å². The van der Waals surface area contributed by atoms with Gasteiger partial charge in [0.25, 0.3) is 5.91 Å². The maximum Gasteiger partial charge on any atom is 0.307 e. The lowest BCUT2D eigenvalue weighted by Crippen LogP contribution is -2.34. The summed E-state index contributed by atoms with van der Waals surface area (Å²) < 4.78 is 0. The topological polar surface area (TPSA) is 86.7 Å². The number of imide groups is 1. The molecule has 0 aliphatic carbocycles. The third-order valence-corrected chi connectivity index (χ3v) is 4.13. The van der Waals surface area contributed by atoms with E-state index in [9.17, 15) is 14.4 Å². The van der Waals surface area contributed by atoms with Gasteiger partial charge in [0.1, 0.15) is 6.04 Å². The number of carboxylic acids is 1. The predicted molar refractivity (Wildman–Crippen MR) is 93.8 cm³/mol. The SMILES string of the molecule is O=C(O)Cc1ccc(N2C(=O)CC(Nc3ccc(Cl)cc3)C2=O)cc1. The minimum Gasteiger partial charge on any atom is -0.481 e. The van der Waals surface area contributed by atoms with Gasteiger partial charge in [-0.2, -0.15) is 0 Å². The zero-order valence-corrected chi connectivity index (χ0v) is 13.9. The number of carboxylic acid groups (broad SMARTS) is 1. The third-order valence-electron chi connectivity index (χ3n) is 3.88. The fourth-order valence-corrected chi connectivity index (χ4v) is 2.83. The van der Waals surface area contributed by atoms with Crippen molar-refractivity contribution in [2.24, 2.45) is 0 Å². The standard InChI is InChI=1S/C18H15ClN2O4/c19-12-3-5-13(6-4-12)20-15-10-16(22)21(18(15)25)14-7-1-11(2-8-14)9-17(23)24/h1-8,15,20H,9-10H2,(H,23,24). The van der Waals surface area contributed by atoms with Crippen molar-refractivity contribution in [3.05, 3.63) is 59.1 Å². The first kappa shape index (κ1) is 17.0. The lowest BCUT2D eigenvalue weighted by molar-refractivity contribution is -0.136. The van der Waals surface area contributed by atoms with Gasteiger partial charge in [-0.15, -0.1) is 0 Å². The quantitative estimate of drug-likeness (QED) is 0.802.